The van der Waals surface area contributed by atoms with Crippen molar-refractivity contribution >= 4 is 25.7 Å². The largest absolute Gasteiger partial charge is 0.480 e. The van der Waals surface area contributed by atoms with E-state index in [0.717, 1.165) is 38.5 Å². The van der Waals surface area contributed by atoms with Gasteiger partial charge in [-0.25, -0.2) is 9.36 Å². The lowest BCUT2D eigenvalue weighted by atomic mass is 10.0. The van der Waals surface area contributed by atoms with Gasteiger partial charge in [0.1, 0.15) is 12.7 Å². The van der Waals surface area contributed by atoms with Crippen molar-refractivity contribution in [1.82, 2.24) is 5.32 Å². The maximum Gasteiger partial charge on any atom is 0.472 e. The lowest BCUT2D eigenvalue weighted by Gasteiger charge is -2.18. The van der Waals surface area contributed by atoms with Crippen molar-refractivity contribution in [2.24, 2.45) is 0 Å². The molecule has 0 aromatic heterocycles. The van der Waals surface area contributed by atoms with E-state index < -0.39 is 57.6 Å². The number of carbonyl (C=O) groups is 3. The summed E-state index contributed by atoms with van der Waals surface area (Å²) in [4.78, 5) is 46.3. The van der Waals surface area contributed by atoms with Gasteiger partial charge in [0.2, 0.25) is 5.91 Å². The van der Waals surface area contributed by atoms with E-state index in [2.05, 4.69) is 19.2 Å². The first-order chi connectivity index (χ1) is 33.1. The summed E-state index contributed by atoms with van der Waals surface area (Å²) < 4.78 is 27.0. The first kappa shape index (κ1) is 66.5. The van der Waals surface area contributed by atoms with Crippen LogP contribution in [0.15, 0.2) is 0 Å². The van der Waals surface area contributed by atoms with Crippen LogP contribution in [0.25, 0.3) is 0 Å². The average molecular weight is 988 g/mol. The first-order valence-electron chi connectivity index (χ1n) is 29.1. The highest BCUT2D eigenvalue weighted by atomic mass is 31.2. The van der Waals surface area contributed by atoms with Crippen LogP contribution < -0.4 is 5.32 Å². The highest BCUT2D eigenvalue weighted by molar-refractivity contribution is 7.47. The van der Waals surface area contributed by atoms with Gasteiger partial charge in [0, 0.05) is 12.8 Å². The van der Waals surface area contributed by atoms with E-state index in [9.17, 15) is 34.1 Å². The van der Waals surface area contributed by atoms with E-state index in [1.807, 2.05) is 0 Å². The number of ether oxygens (including phenoxy) is 1. The molecule has 68 heavy (non-hydrogen) atoms. The number of carboxylic acids is 1. The van der Waals surface area contributed by atoms with Gasteiger partial charge in [-0.3, -0.25) is 18.6 Å². The van der Waals surface area contributed by atoms with E-state index in [1.54, 1.807) is 0 Å². The number of amides is 1. The fraction of sp³-hybridized carbons (Fsp3) is 0.946. The zero-order chi connectivity index (χ0) is 49.9. The second kappa shape index (κ2) is 51.8. The van der Waals surface area contributed by atoms with E-state index in [1.165, 1.54) is 231 Å². The summed E-state index contributed by atoms with van der Waals surface area (Å²) >= 11 is 0. The predicted molar refractivity (Wildman–Crippen MR) is 282 cm³/mol. The van der Waals surface area contributed by atoms with Gasteiger partial charge in [0.05, 0.1) is 13.2 Å². The quantitative estimate of drug-likeness (QED) is 0.0261. The number of unbranched alkanes of at least 4 members (excludes halogenated alkanes) is 42. The zero-order valence-corrected chi connectivity index (χ0v) is 45.3. The molecule has 3 atom stereocenters. The molecule has 0 aliphatic rings. The number of aliphatic hydroxyl groups is 1. The molecular formula is C56H110NO10P. The number of phosphoric acid groups is 1. The Balaban J connectivity index is 3.71. The molecule has 0 aromatic rings. The molecule has 0 rings (SSSR count). The predicted octanol–water partition coefficient (Wildman–Crippen LogP) is 16.6. The first-order valence-corrected chi connectivity index (χ1v) is 30.6. The van der Waals surface area contributed by atoms with E-state index in [4.69, 9.17) is 13.8 Å². The number of carboxylic acid groups (broad SMARTS) is 1. The van der Waals surface area contributed by atoms with Gasteiger partial charge >= 0.3 is 19.8 Å². The number of hydrogen-bond donors (Lipinski definition) is 4. The lowest BCUT2D eigenvalue weighted by molar-refractivity contribution is -0.147. The van der Waals surface area contributed by atoms with Crippen molar-refractivity contribution in [3.8, 4) is 0 Å². The highest BCUT2D eigenvalue weighted by Crippen LogP contribution is 2.43. The Morgan fingerprint density at radius 3 is 0.971 bits per heavy atom. The summed E-state index contributed by atoms with van der Waals surface area (Å²) in [5, 5.41) is 22.0. The van der Waals surface area contributed by atoms with Crippen molar-refractivity contribution in [2.45, 2.75) is 321 Å². The van der Waals surface area contributed by atoms with Gasteiger partial charge in [0.15, 0.2) is 6.04 Å². The van der Waals surface area contributed by atoms with Gasteiger partial charge in [-0.05, 0) is 12.8 Å². The summed E-state index contributed by atoms with van der Waals surface area (Å²) in [6.07, 6.45) is 55.6. The maximum absolute atomic E-state index is 12.4. The smallest absolute Gasteiger partial charge is 0.472 e. The molecule has 0 aliphatic heterocycles. The molecule has 0 saturated carbocycles. The highest BCUT2D eigenvalue weighted by Gasteiger charge is 2.28. The number of hydrogen-bond acceptors (Lipinski definition) is 8. The fourth-order valence-corrected chi connectivity index (χ4v) is 9.68. The molecule has 4 N–H and O–H groups in total. The number of aliphatic carboxylic acids is 1. The molecular weight excluding hydrogens is 878 g/mol. The van der Waals surface area contributed by atoms with Gasteiger partial charge < -0.3 is 25.2 Å². The van der Waals surface area contributed by atoms with E-state index in [0.29, 0.717) is 12.8 Å². The van der Waals surface area contributed by atoms with Crippen molar-refractivity contribution in [2.75, 3.05) is 19.8 Å². The van der Waals surface area contributed by atoms with Crippen LogP contribution in [0.2, 0.25) is 0 Å². The van der Waals surface area contributed by atoms with Crippen LogP contribution in [0.4, 0.5) is 0 Å². The lowest BCUT2D eigenvalue weighted by Crippen LogP contribution is -2.43. The molecule has 3 unspecified atom stereocenters. The zero-order valence-electron chi connectivity index (χ0n) is 44.4. The van der Waals surface area contributed by atoms with Crippen LogP contribution in [0, 0.1) is 0 Å². The van der Waals surface area contributed by atoms with Gasteiger partial charge in [-0.2, -0.15) is 0 Å². The Labute approximate surface area is 418 Å². The third kappa shape index (κ3) is 50.9. The topological polar surface area (TPSA) is 169 Å². The summed E-state index contributed by atoms with van der Waals surface area (Å²) in [5.41, 5.74) is 0. The molecule has 0 fully saturated rings. The van der Waals surface area contributed by atoms with Gasteiger partial charge in [0.25, 0.3) is 0 Å². The SMILES string of the molecule is CCCCCCCCCCCCCCCCCCCCCCCCCC(=O)OCC(O)COP(=O)(O)OCC(NC(=O)CCCCCCCCCCCCCCCCCCCCCCC)C(=O)O. The van der Waals surface area contributed by atoms with Crippen LogP contribution in [0.3, 0.4) is 0 Å². The molecule has 0 bridgehead atoms. The van der Waals surface area contributed by atoms with Gasteiger partial charge in [-0.1, -0.05) is 284 Å². The Morgan fingerprint density at radius 2 is 0.676 bits per heavy atom. The second-order valence-corrected chi connectivity index (χ2v) is 21.7. The minimum atomic E-state index is -4.76. The third-order valence-corrected chi connectivity index (χ3v) is 14.3. The fourth-order valence-electron chi connectivity index (χ4n) is 8.91. The van der Waals surface area contributed by atoms with E-state index in [-0.39, 0.29) is 12.8 Å². The van der Waals surface area contributed by atoms with Crippen LogP contribution in [0.1, 0.15) is 309 Å². The average Bonchev–Trinajstić information content (AvgIpc) is 3.32. The molecule has 404 valence electrons. The minimum absolute atomic E-state index is 0.153. The molecule has 12 heteroatoms. The van der Waals surface area contributed by atoms with Crippen LogP contribution in [-0.4, -0.2) is 64.9 Å². The molecule has 0 spiro atoms. The third-order valence-electron chi connectivity index (χ3n) is 13.4. The monoisotopic (exact) mass is 988 g/mol. The van der Waals surface area contributed by atoms with Crippen molar-refractivity contribution in [3.05, 3.63) is 0 Å². The molecule has 0 aliphatic carbocycles. The van der Waals surface area contributed by atoms with Crippen LogP contribution in [0.5, 0.6) is 0 Å². The summed E-state index contributed by atoms with van der Waals surface area (Å²) in [6, 6.07) is -1.54. The Hall–Kier alpha value is -1.52. The minimum Gasteiger partial charge on any atom is -0.480 e. The molecule has 11 nitrogen and oxygen atoms in total. The number of aliphatic hydroxyl groups excluding tert-OH is 1. The maximum atomic E-state index is 12.4. The van der Waals surface area contributed by atoms with E-state index >= 15 is 0 Å². The van der Waals surface area contributed by atoms with Gasteiger partial charge in [-0.15, -0.1) is 0 Å². The number of phosphoric ester groups is 1. The molecule has 0 heterocycles. The van der Waals surface area contributed by atoms with Crippen LogP contribution >= 0.6 is 7.82 Å². The normalized spacial score (nSPS) is 13.4. The number of nitrogens with one attached hydrogen (secondary N) is 1. The summed E-state index contributed by atoms with van der Waals surface area (Å²) in [5.74, 6) is -2.34. The number of carbonyl (C=O) groups excluding carboxylic acids is 2. The summed E-state index contributed by atoms with van der Waals surface area (Å²) in [6.45, 7) is 2.68. The Bertz CT molecular complexity index is 1160. The number of rotatable bonds is 56. The standard InChI is InChI=1S/C56H110NO10P/c1-3-5-7-9-11-13-15-17-19-21-23-25-26-28-30-32-34-36-38-40-42-44-46-48-55(60)65-49-52(58)50-66-68(63,64)67-51-53(56(61)62)57-54(59)47-45-43-41-39-37-35-33-31-29-27-24-22-20-18-16-14-12-10-8-6-4-2/h52-53,58H,3-51H2,1-2H3,(H,57,59)(H,61,62)(H,63,64). The van der Waals surface area contributed by atoms with Crippen molar-refractivity contribution in [3.63, 3.8) is 0 Å². The Morgan fingerprint density at radius 1 is 0.412 bits per heavy atom. The Kier molecular flexibility index (Phi) is 50.7. The molecule has 0 radical (unpaired) electrons. The summed E-state index contributed by atoms with van der Waals surface area (Å²) in [7, 11) is -4.76. The number of esters is 1. The van der Waals surface area contributed by atoms with Crippen molar-refractivity contribution in [1.29, 1.82) is 0 Å². The molecule has 1 amide bonds. The molecule has 0 aromatic carbocycles. The molecule has 0 saturated heterocycles. The second-order valence-electron chi connectivity index (χ2n) is 20.2. The van der Waals surface area contributed by atoms with Crippen LogP contribution in [-0.2, 0) is 32.7 Å². The van der Waals surface area contributed by atoms with Crippen molar-refractivity contribution < 1.29 is 47.8 Å².